The van der Waals surface area contributed by atoms with Crippen LogP contribution in [0.5, 0.6) is 5.75 Å². The van der Waals surface area contributed by atoms with Crippen molar-refractivity contribution < 1.29 is 4.74 Å². The molecule has 0 saturated heterocycles. The van der Waals surface area contributed by atoms with Gasteiger partial charge >= 0.3 is 0 Å². The van der Waals surface area contributed by atoms with Crippen LogP contribution in [0.3, 0.4) is 0 Å². The lowest BCUT2D eigenvalue weighted by atomic mass is 10.1. The Kier molecular flexibility index (Phi) is 2.91. The van der Waals surface area contributed by atoms with Crippen molar-refractivity contribution in [2.75, 3.05) is 7.11 Å². The van der Waals surface area contributed by atoms with Crippen LogP contribution < -0.4 is 4.74 Å². The Bertz CT molecular complexity index is 718. The van der Waals surface area contributed by atoms with E-state index in [1.807, 2.05) is 18.5 Å². The number of methoxy groups -OCH3 is 1. The van der Waals surface area contributed by atoms with Crippen molar-refractivity contribution in [1.29, 1.82) is 0 Å². The molecule has 4 heteroatoms. The summed E-state index contributed by atoms with van der Waals surface area (Å²) in [7, 11) is 1.66. The summed E-state index contributed by atoms with van der Waals surface area (Å²) in [4.78, 5) is 8.80. The summed E-state index contributed by atoms with van der Waals surface area (Å²) in [6.07, 6.45) is 3.62. The van der Waals surface area contributed by atoms with Gasteiger partial charge in [-0.1, -0.05) is 6.07 Å². The first kappa shape index (κ1) is 11.7. The number of nitrogens with zero attached hydrogens (tertiary/aromatic N) is 3. The number of hydrogen-bond acceptors (Lipinski definition) is 3. The van der Waals surface area contributed by atoms with Gasteiger partial charge < -0.3 is 9.30 Å². The normalized spacial score (nSPS) is 10.8. The van der Waals surface area contributed by atoms with Crippen LogP contribution in [-0.4, -0.2) is 21.6 Å². The molecule has 0 aliphatic rings. The van der Waals surface area contributed by atoms with E-state index in [9.17, 15) is 0 Å². The zero-order valence-electron chi connectivity index (χ0n) is 11.0. The van der Waals surface area contributed by atoms with E-state index in [2.05, 4.69) is 39.7 Å². The van der Waals surface area contributed by atoms with E-state index >= 15 is 0 Å². The van der Waals surface area contributed by atoms with Gasteiger partial charge in [-0.25, -0.2) is 4.98 Å². The van der Waals surface area contributed by atoms with Gasteiger partial charge in [-0.05, 0) is 25.1 Å². The minimum atomic E-state index is 0.809. The van der Waals surface area contributed by atoms with Crippen LogP contribution >= 0.6 is 0 Å². The highest BCUT2D eigenvalue weighted by atomic mass is 16.5. The van der Waals surface area contributed by atoms with Crippen LogP contribution in [0.1, 0.15) is 6.92 Å². The Morgan fingerprint density at radius 1 is 1.16 bits per heavy atom. The summed E-state index contributed by atoms with van der Waals surface area (Å²) in [5.41, 5.74) is 4.08. The van der Waals surface area contributed by atoms with Gasteiger partial charge in [0.15, 0.2) is 0 Å². The summed E-state index contributed by atoms with van der Waals surface area (Å²) < 4.78 is 7.35. The highest BCUT2D eigenvalue weighted by molar-refractivity contribution is 5.81. The van der Waals surface area contributed by atoms with Crippen molar-refractivity contribution in [2.45, 2.75) is 13.5 Å². The molecule has 0 unspecified atom stereocenters. The molecule has 2 heterocycles. The Balaban J connectivity index is 2.09. The third kappa shape index (κ3) is 2.05. The van der Waals surface area contributed by atoms with E-state index in [4.69, 9.17) is 4.74 Å². The minimum Gasteiger partial charge on any atom is -0.497 e. The second kappa shape index (κ2) is 4.72. The first-order valence-electron chi connectivity index (χ1n) is 6.27. The molecule has 4 nitrogen and oxygen atoms in total. The smallest absolute Gasteiger partial charge is 0.122 e. The second-order valence-corrected chi connectivity index (χ2v) is 4.31. The molecule has 0 radical (unpaired) electrons. The van der Waals surface area contributed by atoms with Gasteiger partial charge in [-0.3, -0.25) is 4.98 Å². The number of benzene rings is 1. The lowest BCUT2D eigenvalue weighted by Crippen LogP contribution is -1.91. The molecule has 0 saturated carbocycles. The first-order chi connectivity index (χ1) is 9.31. The molecule has 1 aromatic carbocycles. The molecule has 3 rings (SSSR count). The average Bonchev–Trinajstić information content (AvgIpc) is 2.89. The van der Waals surface area contributed by atoms with E-state index in [1.54, 1.807) is 13.3 Å². The maximum atomic E-state index is 5.23. The fourth-order valence-electron chi connectivity index (χ4n) is 2.17. The van der Waals surface area contributed by atoms with Crippen molar-refractivity contribution in [2.24, 2.45) is 0 Å². The molecule has 0 atom stereocenters. The van der Waals surface area contributed by atoms with Gasteiger partial charge in [0.2, 0.25) is 0 Å². The monoisotopic (exact) mass is 253 g/mol. The molecular formula is C15H15N3O. The second-order valence-electron chi connectivity index (χ2n) is 4.31. The van der Waals surface area contributed by atoms with E-state index in [0.717, 1.165) is 34.6 Å². The molecule has 3 aromatic rings. The van der Waals surface area contributed by atoms with Crippen molar-refractivity contribution in [3.8, 4) is 17.0 Å². The molecule has 0 aliphatic heterocycles. The number of ether oxygens (including phenoxy) is 1. The van der Waals surface area contributed by atoms with Crippen molar-refractivity contribution >= 4 is 11.0 Å². The van der Waals surface area contributed by atoms with Gasteiger partial charge in [-0.2, -0.15) is 0 Å². The quantitative estimate of drug-likeness (QED) is 0.720. The number of aromatic nitrogens is 3. The van der Waals surface area contributed by atoms with Gasteiger partial charge in [-0.15, -0.1) is 0 Å². The molecule has 96 valence electrons. The molecule has 0 spiro atoms. The topological polar surface area (TPSA) is 39.9 Å². The fraction of sp³-hybridized carbons (Fsp3) is 0.200. The molecule has 0 fully saturated rings. The predicted octanol–water partition coefficient (Wildman–Crippen LogP) is 3.13. The number of fused-ring (bicyclic) bond motifs is 1. The Morgan fingerprint density at radius 3 is 2.84 bits per heavy atom. The van der Waals surface area contributed by atoms with Crippen LogP contribution in [0.4, 0.5) is 0 Å². The molecular weight excluding hydrogens is 238 g/mol. The molecule has 0 aliphatic carbocycles. The number of hydrogen-bond donors (Lipinski definition) is 0. The summed E-state index contributed by atoms with van der Waals surface area (Å²) in [6.45, 7) is 3.03. The molecule has 2 aromatic heterocycles. The summed E-state index contributed by atoms with van der Waals surface area (Å²) in [6, 6.07) is 9.98. The molecule has 0 amide bonds. The Hall–Kier alpha value is -2.36. The number of imidazole rings is 1. The molecule has 19 heavy (non-hydrogen) atoms. The maximum Gasteiger partial charge on any atom is 0.122 e. The number of pyridine rings is 1. The van der Waals surface area contributed by atoms with Gasteiger partial charge in [0.1, 0.15) is 5.75 Å². The van der Waals surface area contributed by atoms with E-state index < -0.39 is 0 Å². The van der Waals surface area contributed by atoms with Crippen LogP contribution in [0.2, 0.25) is 0 Å². The van der Waals surface area contributed by atoms with E-state index in [0.29, 0.717) is 0 Å². The van der Waals surface area contributed by atoms with Crippen molar-refractivity contribution in [3.05, 3.63) is 42.9 Å². The SMILES string of the molecule is CCn1cnc2cc(-c3cc(OC)ccn3)ccc21. The number of rotatable bonds is 3. The third-order valence-corrected chi connectivity index (χ3v) is 3.22. The van der Waals surface area contributed by atoms with Crippen LogP contribution in [0.15, 0.2) is 42.9 Å². The Labute approximate surface area is 111 Å². The maximum absolute atomic E-state index is 5.23. The Morgan fingerprint density at radius 2 is 2.05 bits per heavy atom. The average molecular weight is 253 g/mol. The highest BCUT2D eigenvalue weighted by Crippen LogP contribution is 2.24. The van der Waals surface area contributed by atoms with Crippen molar-refractivity contribution in [3.63, 3.8) is 0 Å². The summed E-state index contributed by atoms with van der Waals surface area (Å²) in [5, 5.41) is 0. The minimum absolute atomic E-state index is 0.809. The molecule has 0 N–H and O–H groups in total. The molecule has 0 bridgehead atoms. The van der Waals surface area contributed by atoms with Gasteiger partial charge in [0.25, 0.3) is 0 Å². The summed E-state index contributed by atoms with van der Waals surface area (Å²) >= 11 is 0. The predicted molar refractivity (Wildman–Crippen MR) is 75.2 cm³/mol. The summed E-state index contributed by atoms with van der Waals surface area (Å²) in [5.74, 6) is 0.809. The fourth-order valence-corrected chi connectivity index (χ4v) is 2.17. The number of aryl methyl sites for hydroxylation is 1. The van der Waals surface area contributed by atoms with Gasteiger partial charge in [0.05, 0.1) is 30.2 Å². The van der Waals surface area contributed by atoms with Crippen molar-refractivity contribution in [1.82, 2.24) is 14.5 Å². The lowest BCUT2D eigenvalue weighted by Gasteiger charge is -2.04. The van der Waals surface area contributed by atoms with Gasteiger partial charge in [0, 0.05) is 24.4 Å². The zero-order valence-corrected chi connectivity index (χ0v) is 11.0. The highest BCUT2D eigenvalue weighted by Gasteiger charge is 2.05. The standard InChI is InChI=1S/C15H15N3O/c1-3-18-10-17-14-8-11(4-5-15(14)18)13-9-12(19-2)6-7-16-13/h4-10H,3H2,1-2H3. The van der Waals surface area contributed by atoms with E-state index in [1.165, 1.54) is 0 Å². The lowest BCUT2D eigenvalue weighted by molar-refractivity contribution is 0.414. The largest absolute Gasteiger partial charge is 0.497 e. The third-order valence-electron chi connectivity index (χ3n) is 3.22. The van der Waals surface area contributed by atoms with E-state index in [-0.39, 0.29) is 0 Å². The van der Waals surface area contributed by atoms with Crippen LogP contribution in [-0.2, 0) is 6.54 Å². The van der Waals surface area contributed by atoms with Crippen LogP contribution in [0.25, 0.3) is 22.3 Å². The first-order valence-corrected chi connectivity index (χ1v) is 6.27. The van der Waals surface area contributed by atoms with Crippen LogP contribution in [0, 0.1) is 0 Å². The zero-order chi connectivity index (χ0) is 13.2.